The van der Waals surface area contributed by atoms with E-state index in [2.05, 4.69) is 24.5 Å². The normalized spacial score (nSPS) is 17.4. The van der Waals surface area contributed by atoms with Gasteiger partial charge in [0.05, 0.1) is 0 Å². The molecule has 0 spiro atoms. The third kappa shape index (κ3) is 4.71. The van der Waals surface area contributed by atoms with Crippen molar-refractivity contribution in [1.29, 1.82) is 0 Å². The van der Waals surface area contributed by atoms with Crippen molar-refractivity contribution in [3.63, 3.8) is 0 Å². The predicted molar refractivity (Wildman–Crippen MR) is 72.9 cm³/mol. The third-order valence-electron chi connectivity index (χ3n) is 4.00. The van der Waals surface area contributed by atoms with Crippen molar-refractivity contribution in [3.8, 4) is 0 Å². The number of nitrogens with one attached hydrogen (secondary N) is 2. The highest BCUT2D eigenvalue weighted by molar-refractivity contribution is 5.83. The average Bonchev–Trinajstić information content (AvgIpc) is 3.12. The van der Waals surface area contributed by atoms with Crippen molar-refractivity contribution in [2.24, 2.45) is 17.1 Å². The summed E-state index contributed by atoms with van der Waals surface area (Å²) < 4.78 is 0. The quantitative estimate of drug-likeness (QED) is 0.517. The molecule has 0 saturated heterocycles. The Hall–Kier alpha value is -1.79. The van der Waals surface area contributed by atoms with Gasteiger partial charge in [0.15, 0.2) is 0 Å². The van der Waals surface area contributed by atoms with Gasteiger partial charge < -0.3 is 21.5 Å². The van der Waals surface area contributed by atoms with Crippen LogP contribution in [0.5, 0.6) is 0 Å². The monoisotopic (exact) mass is 285 g/mol. The predicted octanol–water partition coefficient (Wildman–Crippen LogP) is 0.441. The van der Waals surface area contributed by atoms with E-state index in [-0.39, 0.29) is 18.3 Å². The molecule has 20 heavy (non-hydrogen) atoms. The zero-order chi connectivity index (χ0) is 15.3. The molecule has 1 aliphatic rings. The number of primary amides is 1. The standard InChI is InChI=1S/C13H23N3O4/c1-8(2)13(5-6-13)7-15-12(20)16-9(11(18)19)3-4-10(14)17/h8-9H,3-7H2,1-2H3,(H2,14,17)(H,18,19)(H2,15,16,20)/t9-/m1/s1. The lowest BCUT2D eigenvalue weighted by molar-refractivity contribution is -0.139. The van der Waals surface area contributed by atoms with Crippen molar-refractivity contribution in [1.82, 2.24) is 10.6 Å². The van der Waals surface area contributed by atoms with Gasteiger partial charge >= 0.3 is 12.0 Å². The number of carbonyl (C=O) groups excluding carboxylic acids is 2. The van der Waals surface area contributed by atoms with Gasteiger partial charge in [-0.1, -0.05) is 13.8 Å². The minimum absolute atomic E-state index is 0.00654. The van der Waals surface area contributed by atoms with Crippen molar-refractivity contribution >= 4 is 17.9 Å². The number of rotatable bonds is 8. The van der Waals surface area contributed by atoms with Crippen LogP contribution in [0.25, 0.3) is 0 Å². The minimum atomic E-state index is -1.17. The molecule has 7 nitrogen and oxygen atoms in total. The number of hydrogen-bond donors (Lipinski definition) is 4. The highest BCUT2D eigenvalue weighted by Gasteiger charge is 2.45. The maximum absolute atomic E-state index is 11.7. The first-order chi connectivity index (χ1) is 9.27. The molecule has 1 fully saturated rings. The Kier molecular flexibility index (Phi) is 5.35. The fourth-order valence-electron chi connectivity index (χ4n) is 2.13. The summed E-state index contributed by atoms with van der Waals surface area (Å²) in [6.45, 7) is 4.76. The Morgan fingerprint density at radius 2 is 1.90 bits per heavy atom. The van der Waals surface area contributed by atoms with Crippen LogP contribution in [0.4, 0.5) is 4.79 Å². The summed E-state index contributed by atoms with van der Waals surface area (Å²) in [5.41, 5.74) is 5.12. The summed E-state index contributed by atoms with van der Waals surface area (Å²) in [5, 5.41) is 14.0. The summed E-state index contributed by atoms with van der Waals surface area (Å²) in [5.74, 6) is -1.28. The van der Waals surface area contributed by atoms with E-state index >= 15 is 0 Å². The molecule has 5 N–H and O–H groups in total. The molecule has 0 aromatic heterocycles. The van der Waals surface area contributed by atoms with Crippen LogP contribution in [0.2, 0.25) is 0 Å². The van der Waals surface area contributed by atoms with E-state index in [1.807, 2.05) is 0 Å². The lowest BCUT2D eigenvalue weighted by Gasteiger charge is -2.21. The smallest absolute Gasteiger partial charge is 0.326 e. The minimum Gasteiger partial charge on any atom is -0.480 e. The van der Waals surface area contributed by atoms with E-state index in [1.165, 1.54) is 0 Å². The van der Waals surface area contributed by atoms with Gasteiger partial charge in [-0.2, -0.15) is 0 Å². The lowest BCUT2D eigenvalue weighted by Crippen LogP contribution is -2.48. The summed E-state index contributed by atoms with van der Waals surface area (Å²) >= 11 is 0. The van der Waals surface area contributed by atoms with Crippen molar-refractivity contribution in [3.05, 3.63) is 0 Å². The van der Waals surface area contributed by atoms with Gasteiger partial charge in [-0.05, 0) is 30.6 Å². The van der Waals surface area contributed by atoms with E-state index in [0.29, 0.717) is 12.5 Å². The van der Waals surface area contributed by atoms with Crippen LogP contribution in [0, 0.1) is 11.3 Å². The van der Waals surface area contributed by atoms with Crippen LogP contribution >= 0.6 is 0 Å². The van der Waals surface area contributed by atoms with Crippen molar-refractivity contribution in [2.45, 2.75) is 45.6 Å². The Bertz CT molecular complexity index is 391. The summed E-state index contributed by atoms with van der Waals surface area (Å²) in [4.78, 5) is 33.3. The van der Waals surface area contributed by atoms with Crippen LogP contribution in [-0.4, -0.2) is 35.6 Å². The molecular formula is C13H23N3O4. The first-order valence-electron chi connectivity index (χ1n) is 6.82. The molecule has 7 heteroatoms. The molecule has 0 bridgehead atoms. The molecule has 1 aliphatic carbocycles. The van der Waals surface area contributed by atoms with Crippen LogP contribution in [0.1, 0.15) is 39.5 Å². The molecule has 0 radical (unpaired) electrons. The Morgan fingerprint density at radius 1 is 1.30 bits per heavy atom. The number of aliphatic carboxylic acids is 1. The third-order valence-corrected chi connectivity index (χ3v) is 4.00. The summed E-state index contributed by atoms with van der Waals surface area (Å²) in [6.07, 6.45) is 2.07. The molecule has 0 aromatic rings. The zero-order valence-electron chi connectivity index (χ0n) is 11.9. The Balaban J connectivity index is 2.38. The number of hydrogen-bond acceptors (Lipinski definition) is 3. The number of amides is 3. The Labute approximate surface area is 118 Å². The van der Waals surface area contributed by atoms with Crippen LogP contribution < -0.4 is 16.4 Å². The summed E-state index contributed by atoms with van der Waals surface area (Å²) in [7, 11) is 0. The molecule has 1 saturated carbocycles. The zero-order valence-corrected chi connectivity index (χ0v) is 11.9. The molecule has 1 rings (SSSR count). The number of carbonyl (C=O) groups is 3. The molecule has 0 heterocycles. The SMILES string of the molecule is CC(C)C1(CNC(=O)N[C@H](CCC(N)=O)C(=O)O)CC1. The van der Waals surface area contributed by atoms with Crippen molar-refractivity contribution < 1.29 is 19.5 Å². The fraction of sp³-hybridized carbons (Fsp3) is 0.769. The number of urea groups is 1. The maximum atomic E-state index is 11.7. The van der Waals surface area contributed by atoms with Gasteiger partial charge in [-0.15, -0.1) is 0 Å². The fourth-order valence-corrected chi connectivity index (χ4v) is 2.13. The summed E-state index contributed by atoms with van der Waals surface area (Å²) in [6, 6.07) is -1.62. The van der Waals surface area contributed by atoms with Gasteiger partial charge in [0.2, 0.25) is 5.91 Å². The van der Waals surface area contributed by atoms with Gasteiger partial charge in [-0.3, -0.25) is 4.79 Å². The van der Waals surface area contributed by atoms with E-state index in [1.54, 1.807) is 0 Å². The van der Waals surface area contributed by atoms with Gasteiger partial charge in [0.25, 0.3) is 0 Å². The van der Waals surface area contributed by atoms with Crippen LogP contribution in [0.15, 0.2) is 0 Å². The van der Waals surface area contributed by atoms with E-state index in [9.17, 15) is 14.4 Å². The van der Waals surface area contributed by atoms with Crippen molar-refractivity contribution in [2.75, 3.05) is 6.54 Å². The highest BCUT2D eigenvalue weighted by atomic mass is 16.4. The number of carboxylic acid groups (broad SMARTS) is 1. The lowest BCUT2D eigenvalue weighted by atomic mass is 9.92. The number of carboxylic acids is 1. The Morgan fingerprint density at radius 3 is 2.30 bits per heavy atom. The second kappa shape index (κ2) is 6.58. The van der Waals surface area contributed by atoms with E-state index in [4.69, 9.17) is 10.8 Å². The second-order valence-corrected chi connectivity index (χ2v) is 5.74. The molecule has 114 valence electrons. The maximum Gasteiger partial charge on any atom is 0.326 e. The molecule has 0 aliphatic heterocycles. The highest BCUT2D eigenvalue weighted by Crippen LogP contribution is 2.51. The second-order valence-electron chi connectivity index (χ2n) is 5.74. The first kappa shape index (κ1) is 16.3. The molecule has 0 unspecified atom stereocenters. The van der Waals surface area contributed by atoms with Crippen LogP contribution in [-0.2, 0) is 9.59 Å². The van der Waals surface area contributed by atoms with Gasteiger partial charge in [0, 0.05) is 13.0 Å². The molecule has 0 aromatic carbocycles. The van der Waals surface area contributed by atoms with Gasteiger partial charge in [-0.25, -0.2) is 9.59 Å². The molecular weight excluding hydrogens is 262 g/mol. The number of nitrogens with two attached hydrogens (primary N) is 1. The van der Waals surface area contributed by atoms with Crippen LogP contribution in [0.3, 0.4) is 0 Å². The molecule has 3 amide bonds. The average molecular weight is 285 g/mol. The first-order valence-corrected chi connectivity index (χ1v) is 6.82. The topological polar surface area (TPSA) is 122 Å². The van der Waals surface area contributed by atoms with E-state index < -0.39 is 23.9 Å². The largest absolute Gasteiger partial charge is 0.480 e. The van der Waals surface area contributed by atoms with Gasteiger partial charge in [0.1, 0.15) is 6.04 Å². The molecule has 1 atom stereocenters. The van der Waals surface area contributed by atoms with E-state index in [0.717, 1.165) is 12.8 Å².